The van der Waals surface area contributed by atoms with E-state index < -0.39 is 0 Å². The minimum atomic E-state index is -0.0917. The Balaban J connectivity index is 1.31. The van der Waals surface area contributed by atoms with Crippen LogP contribution in [0.2, 0.25) is 0 Å². The number of hydrogen-bond donors (Lipinski definition) is 1. The first-order valence-corrected chi connectivity index (χ1v) is 11.5. The molecule has 2 saturated heterocycles. The Bertz CT molecular complexity index is 983. The first-order chi connectivity index (χ1) is 16.0. The van der Waals surface area contributed by atoms with E-state index in [1.54, 1.807) is 38.3 Å². The summed E-state index contributed by atoms with van der Waals surface area (Å²) in [7, 11) is 5.08. The normalized spacial score (nSPS) is 19.5. The molecule has 0 saturated carbocycles. The lowest BCUT2D eigenvalue weighted by Crippen LogP contribution is -2.48. The van der Waals surface area contributed by atoms with Crippen LogP contribution < -0.4 is 14.8 Å². The standard InChI is InChI=1S/C24H33N5O4/c1-27-15-17(14-25-27)24(31)26-18-8-11-28(12-9-18)16-23(30)29-10-4-5-21(29)20-7-6-19(32-2)13-22(20)33-3/h6-7,13-15,18,21H,4-5,8-12,16H2,1-3H3,(H,26,31). The number of benzene rings is 1. The number of methoxy groups -OCH3 is 2. The Morgan fingerprint density at radius 1 is 1.12 bits per heavy atom. The fraction of sp³-hybridized carbons (Fsp3) is 0.542. The van der Waals surface area contributed by atoms with Crippen LogP contribution in [-0.2, 0) is 11.8 Å². The number of carbonyl (C=O) groups is 2. The highest BCUT2D eigenvalue weighted by Gasteiger charge is 2.33. The van der Waals surface area contributed by atoms with E-state index in [2.05, 4.69) is 15.3 Å². The molecule has 1 N–H and O–H groups in total. The maximum Gasteiger partial charge on any atom is 0.254 e. The second-order valence-corrected chi connectivity index (χ2v) is 8.78. The van der Waals surface area contributed by atoms with Crippen LogP contribution in [0.1, 0.15) is 47.6 Å². The second-order valence-electron chi connectivity index (χ2n) is 8.78. The lowest BCUT2D eigenvalue weighted by atomic mass is 10.0. The summed E-state index contributed by atoms with van der Waals surface area (Å²) in [5, 5.41) is 7.14. The quantitative estimate of drug-likeness (QED) is 0.687. The van der Waals surface area contributed by atoms with Gasteiger partial charge in [-0.3, -0.25) is 19.2 Å². The van der Waals surface area contributed by atoms with Crippen molar-refractivity contribution in [3.05, 3.63) is 41.7 Å². The number of aryl methyl sites for hydroxylation is 1. The number of likely N-dealkylation sites (tertiary alicyclic amines) is 2. The largest absolute Gasteiger partial charge is 0.497 e. The van der Waals surface area contributed by atoms with Gasteiger partial charge in [-0.05, 0) is 37.8 Å². The molecule has 1 aromatic carbocycles. The van der Waals surface area contributed by atoms with Gasteiger partial charge in [0.25, 0.3) is 5.91 Å². The van der Waals surface area contributed by atoms with Crippen molar-refractivity contribution < 1.29 is 19.1 Å². The highest BCUT2D eigenvalue weighted by molar-refractivity contribution is 5.93. The maximum absolute atomic E-state index is 13.2. The van der Waals surface area contributed by atoms with E-state index >= 15 is 0 Å². The number of aromatic nitrogens is 2. The summed E-state index contributed by atoms with van der Waals surface area (Å²) >= 11 is 0. The lowest BCUT2D eigenvalue weighted by Gasteiger charge is -2.34. The molecule has 0 aliphatic carbocycles. The van der Waals surface area contributed by atoms with E-state index in [4.69, 9.17) is 9.47 Å². The van der Waals surface area contributed by atoms with Crippen molar-refractivity contribution in [2.45, 2.75) is 37.8 Å². The van der Waals surface area contributed by atoms with Crippen LogP contribution in [0, 0.1) is 0 Å². The molecular formula is C24H33N5O4. The molecule has 0 bridgehead atoms. The topological polar surface area (TPSA) is 88.9 Å². The van der Waals surface area contributed by atoms with Gasteiger partial charge in [0.2, 0.25) is 5.91 Å². The van der Waals surface area contributed by atoms with Gasteiger partial charge in [0.1, 0.15) is 11.5 Å². The molecule has 3 heterocycles. The molecule has 9 nitrogen and oxygen atoms in total. The SMILES string of the molecule is COc1ccc(C2CCCN2C(=O)CN2CCC(NC(=O)c3cnn(C)c3)CC2)c(OC)c1. The molecular weight excluding hydrogens is 422 g/mol. The van der Waals surface area contributed by atoms with Crippen LogP contribution in [0.15, 0.2) is 30.6 Å². The Kier molecular flexibility index (Phi) is 7.17. The minimum Gasteiger partial charge on any atom is -0.497 e. The highest BCUT2D eigenvalue weighted by atomic mass is 16.5. The van der Waals surface area contributed by atoms with E-state index in [1.165, 1.54) is 0 Å². The minimum absolute atomic E-state index is 0.0228. The van der Waals surface area contributed by atoms with Crippen LogP contribution in [-0.4, -0.2) is 77.8 Å². The molecule has 4 rings (SSSR count). The summed E-state index contributed by atoms with van der Waals surface area (Å²) in [6, 6.07) is 5.94. The molecule has 33 heavy (non-hydrogen) atoms. The number of piperidine rings is 1. The first-order valence-electron chi connectivity index (χ1n) is 11.5. The van der Waals surface area contributed by atoms with Gasteiger partial charge in [-0.15, -0.1) is 0 Å². The molecule has 9 heteroatoms. The van der Waals surface area contributed by atoms with Crippen LogP contribution >= 0.6 is 0 Å². The summed E-state index contributed by atoms with van der Waals surface area (Å²) in [6.45, 7) is 2.73. The van der Waals surface area contributed by atoms with Gasteiger partial charge in [0.15, 0.2) is 0 Å². The first kappa shape index (κ1) is 23.1. The number of nitrogens with zero attached hydrogens (tertiary/aromatic N) is 4. The Labute approximate surface area is 194 Å². The molecule has 0 radical (unpaired) electrons. The molecule has 2 aliphatic rings. The molecule has 1 aromatic heterocycles. The summed E-state index contributed by atoms with van der Waals surface area (Å²) in [5.74, 6) is 1.55. The van der Waals surface area contributed by atoms with Gasteiger partial charge in [0, 0.05) is 50.6 Å². The molecule has 1 atom stereocenters. The monoisotopic (exact) mass is 455 g/mol. The van der Waals surface area contributed by atoms with E-state index in [0.29, 0.717) is 12.1 Å². The molecule has 178 valence electrons. The molecule has 2 fully saturated rings. The fourth-order valence-corrected chi connectivity index (χ4v) is 4.81. The van der Waals surface area contributed by atoms with Crippen LogP contribution in [0.25, 0.3) is 0 Å². The van der Waals surface area contributed by atoms with Gasteiger partial charge in [-0.25, -0.2) is 0 Å². The number of nitrogens with one attached hydrogen (secondary N) is 1. The predicted octanol–water partition coefficient (Wildman–Crippen LogP) is 2.00. The van der Waals surface area contributed by atoms with Crippen molar-refractivity contribution in [1.82, 2.24) is 24.9 Å². The summed E-state index contributed by atoms with van der Waals surface area (Å²) in [4.78, 5) is 29.7. The number of hydrogen-bond acceptors (Lipinski definition) is 6. The zero-order chi connectivity index (χ0) is 23.4. The molecule has 0 spiro atoms. The van der Waals surface area contributed by atoms with Gasteiger partial charge < -0.3 is 19.7 Å². The van der Waals surface area contributed by atoms with Crippen molar-refractivity contribution in [3.63, 3.8) is 0 Å². The van der Waals surface area contributed by atoms with E-state index in [1.807, 2.05) is 23.1 Å². The Hall–Kier alpha value is -3.07. The summed E-state index contributed by atoms with van der Waals surface area (Å²) < 4.78 is 12.5. The summed E-state index contributed by atoms with van der Waals surface area (Å²) in [5.41, 5.74) is 1.60. The lowest BCUT2D eigenvalue weighted by molar-refractivity contribution is -0.133. The van der Waals surface area contributed by atoms with Crippen molar-refractivity contribution in [3.8, 4) is 11.5 Å². The predicted molar refractivity (Wildman–Crippen MR) is 123 cm³/mol. The van der Waals surface area contributed by atoms with E-state index in [9.17, 15) is 9.59 Å². The molecule has 1 unspecified atom stereocenters. The van der Waals surface area contributed by atoms with Gasteiger partial charge in [-0.1, -0.05) is 0 Å². The third-order valence-electron chi connectivity index (χ3n) is 6.62. The molecule has 2 aliphatic heterocycles. The zero-order valence-corrected chi connectivity index (χ0v) is 19.6. The zero-order valence-electron chi connectivity index (χ0n) is 19.6. The van der Waals surface area contributed by atoms with Gasteiger partial charge in [0.05, 0.1) is 38.6 Å². The smallest absolute Gasteiger partial charge is 0.254 e. The van der Waals surface area contributed by atoms with Crippen LogP contribution in [0.4, 0.5) is 0 Å². The Morgan fingerprint density at radius 2 is 1.91 bits per heavy atom. The highest BCUT2D eigenvalue weighted by Crippen LogP contribution is 2.38. The summed E-state index contributed by atoms with van der Waals surface area (Å²) in [6.07, 6.45) is 6.86. The van der Waals surface area contributed by atoms with Crippen LogP contribution in [0.5, 0.6) is 11.5 Å². The maximum atomic E-state index is 13.2. The number of ether oxygens (including phenoxy) is 2. The van der Waals surface area contributed by atoms with Crippen molar-refractivity contribution in [2.24, 2.45) is 7.05 Å². The fourth-order valence-electron chi connectivity index (χ4n) is 4.81. The van der Waals surface area contributed by atoms with Crippen LogP contribution in [0.3, 0.4) is 0 Å². The third kappa shape index (κ3) is 5.30. The number of amides is 2. The van der Waals surface area contributed by atoms with E-state index in [-0.39, 0.29) is 23.9 Å². The molecule has 2 amide bonds. The third-order valence-corrected chi connectivity index (χ3v) is 6.62. The number of carbonyl (C=O) groups excluding carboxylic acids is 2. The molecule has 2 aromatic rings. The average Bonchev–Trinajstić information content (AvgIpc) is 3.49. The van der Waals surface area contributed by atoms with Gasteiger partial charge in [-0.2, -0.15) is 5.10 Å². The number of rotatable bonds is 7. The van der Waals surface area contributed by atoms with Crippen molar-refractivity contribution in [1.29, 1.82) is 0 Å². The second kappa shape index (κ2) is 10.2. The van der Waals surface area contributed by atoms with Crippen molar-refractivity contribution in [2.75, 3.05) is 40.4 Å². The van der Waals surface area contributed by atoms with Gasteiger partial charge >= 0.3 is 0 Å². The van der Waals surface area contributed by atoms with E-state index in [0.717, 1.165) is 62.4 Å². The van der Waals surface area contributed by atoms with Crippen molar-refractivity contribution >= 4 is 11.8 Å². The Morgan fingerprint density at radius 3 is 2.58 bits per heavy atom. The average molecular weight is 456 g/mol.